The van der Waals surface area contributed by atoms with Gasteiger partial charge in [0.15, 0.2) is 0 Å². The van der Waals surface area contributed by atoms with Crippen LogP contribution >= 0.6 is 0 Å². The number of nitrogens with zero attached hydrogens (tertiary/aromatic N) is 1. The molecule has 1 aromatic rings. The van der Waals surface area contributed by atoms with E-state index >= 15 is 0 Å². The Morgan fingerprint density at radius 3 is 3.00 bits per heavy atom. The van der Waals surface area contributed by atoms with Crippen molar-refractivity contribution in [1.82, 2.24) is 15.0 Å². The van der Waals surface area contributed by atoms with E-state index < -0.39 is 10.0 Å². The lowest BCUT2D eigenvalue weighted by molar-refractivity contribution is 0.392. The van der Waals surface area contributed by atoms with Crippen molar-refractivity contribution in [2.45, 2.75) is 51.6 Å². The third-order valence-electron chi connectivity index (χ3n) is 3.54. The fourth-order valence-corrected chi connectivity index (χ4v) is 3.39. The van der Waals surface area contributed by atoms with E-state index in [2.05, 4.69) is 15.0 Å². The summed E-state index contributed by atoms with van der Waals surface area (Å²) in [6.07, 6.45) is 6.48. The number of aryl methyl sites for hydroxylation is 1. The second-order valence-electron chi connectivity index (χ2n) is 5.15. The highest BCUT2D eigenvalue weighted by molar-refractivity contribution is 7.89. The molecule has 1 aromatic heterocycles. The zero-order valence-electron chi connectivity index (χ0n) is 11.9. The van der Waals surface area contributed by atoms with Crippen LogP contribution in [-0.4, -0.2) is 31.7 Å². The van der Waals surface area contributed by atoms with Gasteiger partial charge in [0.1, 0.15) is 5.76 Å². The third-order valence-corrected chi connectivity index (χ3v) is 4.90. The largest absolute Gasteiger partial charge is 0.444 e. The first-order chi connectivity index (χ1) is 9.59. The third kappa shape index (κ3) is 4.88. The van der Waals surface area contributed by atoms with Gasteiger partial charge in [0.2, 0.25) is 15.9 Å². The van der Waals surface area contributed by atoms with Crippen molar-refractivity contribution >= 4 is 10.0 Å². The van der Waals surface area contributed by atoms with Gasteiger partial charge < -0.3 is 9.73 Å². The first-order valence-electron chi connectivity index (χ1n) is 7.23. The monoisotopic (exact) mass is 301 g/mol. The van der Waals surface area contributed by atoms with E-state index in [1.807, 2.05) is 6.92 Å². The maximum absolute atomic E-state index is 11.9. The van der Waals surface area contributed by atoms with Crippen molar-refractivity contribution in [3.63, 3.8) is 0 Å². The number of oxazole rings is 1. The molecule has 2 heterocycles. The summed E-state index contributed by atoms with van der Waals surface area (Å²) in [6.45, 7) is 3.08. The van der Waals surface area contributed by atoms with Crippen LogP contribution in [0.5, 0.6) is 0 Å². The van der Waals surface area contributed by atoms with Crippen LogP contribution in [0.25, 0.3) is 0 Å². The Balaban J connectivity index is 1.75. The van der Waals surface area contributed by atoms with Gasteiger partial charge in [0.05, 0.1) is 18.5 Å². The standard InChI is InChI=1S/C13H23N3O3S/c1-2-12-9-15-13(19-12)10-16-20(17,18)8-6-11-5-3-4-7-14-11/h9,11,14,16H,2-8,10H2,1H3. The quantitative estimate of drug-likeness (QED) is 0.790. The summed E-state index contributed by atoms with van der Waals surface area (Å²) >= 11 is 0. The minimum absolute atomic E-state index is 0.125. The molecule has 0 radical (unpaired) electrons. The van der Waals surface area contributed by atoms with Crippen LogP contribution in [0.2, 0.25) is 0 Å². The second-order valence-corrected chi connectivity index (χ2v) is 7.08. The second kappa shape index (κ2) is 7.19. The predicted molar refractivity (Wildman–Crippen MR) is 76.8 cm³/mol. The summed E-state index contributed by atoms with van der Waals surface area (Å²) in [6, 6.07) is 0.328. The van der Waals surface area contributed by atoms with Gasteiger partial charge in [-0.3, -0.25) is 0 Å². The molecular formula is C13H23N3O3S. The molecule has 7 heteroatoms. The molecule has 1 fully saturated rings. The van der Waals surface area contributed by atoms with Gasteiger partial charge in [-0.05, 0) is 25.8 Å². The summed E-state index contributed by atoms with van der Waals surface area (Å²) in [4.78, 5) is 4.03. The van der Waals surface area contributed by atoms with Crippen molar-refractivity contribution in [2.75, 3.05) is 12.3 Å². The molecule has 1 aliphatic heterocycles. The van der Waals surface area contributed by atoms with E-state index in [0.29, 0.717) is 18.4 Å². The molecule has 1 saturated heterocycles. The Kier molecular flexibility index (Phi) is 5.56. The van der Waals surface area contributed by atoms with Crippen LogP contribution in [0.1, 0.15) is 44.3 Å². The number of piperidine rings is 1. The zero-order chi connectivity index (χ0) is 14.4. The SMILES string of the molecule is CCc1cnc(CNS(=O)(=O)CCC2CCCCN2)o1. The smallest absolute Gasteiger partial charge is 0.212 e. The van der Waals surface area contributed by atoms with Crippen molar-refractivity contribution in [3.8, 4) is 0 Å². The maximum atomic E-state index is 11.9. The molecule has 114 valence electrons. The highest BCUT2D eigenvalue weighted by atomic mass is 32.2. The number of hydrogen-bond acceptors (Lipinski definition) is 5. The van der Waals surface area contributed by atoms with Crippen molar-refractivity contribution in [2.24, 2.45) is 0 Å². The minimum Gasteiger partial charge on any atom is -0.444 e. The Morgan fingerprint density at radius 1 is 1.50 bits per heavy atom. The van der Waals surface area contributed by atoms with Crippen molar-refractivity contribution in [3.05, 3.63) is 17.8 Å². The van der Waals surface area contributed by atoms with E-state index in [1.165, 1.54) is 12.8 Å². The normalized spacial score (nSPS) is 20.1. The number of sulfonamides is 1. The maximum Gasteiger partial charge on any atom is 0.212 e. The van der Waals surface area contributed by atoms with E-state index in [0.717, 1.165) is 25.1 Å². The highest BCUT2D eigenvalue weighted by Gasteiger charge is 2.17. The molecule has 1 atom stereocenters. The first kappa shape index (κ1) is 15.5. The fourth-order valence-electron chi connectivity index (χ4n) is 2.30. The Bertz CT molecular complexity index is 507. The lowest BCUT2D eigenvalue weighted by Gasteiger charge is -2.23. The van der Waals surface area contributed by atoms with E-state index in [9.17, 15) is 8.42 Å². The van der Waals surface area contributed by atoms with E-state index in [-0.39, 0.29) is 12.3 Å². The van der Waals surface area contributed by atoms with Crippen LogP contribution in [0.15, 0.2) is 10.6 Å². The molecule has 0 aromatic carbocycles. The Labute approximate surface area is 120 Å². The van der Waals surface area contributed by atoms with Crippen LogP contribution < -0.4 is 10.0 Å². The molecule has 20 heavy (non-hydrogen) atoms. The van der Waals surface area contributed by atoms with Gasteiger partial charge >= 0.3 is 0 Å². The molecule has 6 nitrogen and oxygen atoms in total. The number of rotatable bonds is 7. The molecule has 1 unspecified atom stereocenters. The summed E-state index contributed by atoms with van der Waals surface area (Å²) < 4.78 is 31.7. The van der Waals surface area contributed by atoms with Crippen LogP contribution in [0, 0.1) is 0 Å². The molecule has 0 saturated carbocycles. The van der Waals surface area contributed by atoms with Gasteiger partial charge in [-0.1, -0.05) is 13.3 Å². The highest BCUT2D eigenvalue weighted by Crippen LogP contribution is 2.11. The van der Waals surface area contributed by atoms with Crippen LogP contribution in [0.3, 0.4) is 0 Å². The van der Waals surface area contributed by atoms with Gasteiger partial charge in [-0.25, -0.2) is 18.1 Å². The van der Waals surface area contributed by atoms with Gasteiger partial charge in [0, 0.05) is 12.5 Å². The molecule has 2 rings (SSSR count). The molecule has 0 aliphatic carbocycles. The Morgan fingerprint density at radius 2 is 2.35 bits per heavy atom. The Hall–Kier alpha value is -0.920. The number of aromatic nitrogens is 1. The minimum atomic E-state index is -3.27. The summed E-state index contributed by atoms with van der Waals surface area (Å²) in [5.74, 6) is 1.33. The number of nitrogens with one attached hydrogen (secondary N) is 2. The predicted octanol–water partition coefficient (Wildman–Crippen LogP) is 1.19. The lowest BCUT2D eigenvalue weighted by Crippen LogP contribution is -2.37. The first-order valence-corrected chi connectivity index (χ1v) is 8.88. The molecule has 0 spiro atoms. The lowest BCUT2D eigenvalue weighted by atomic mass is 10.0. The van der Waals surface area contributed by atoms with E-state index in [4.69, 9.17) is 4.42 Å². The van der Waals surface area contributed by atoms with Crippen molar-refractivity contribution < 1.29 is 12.8 Å². The van der Waals surface area contributed by atoms with Gasteiger partial charge in [-0.15, -0.1) is 0 Å². The molecule has 0 amide bonds. The van der Waals surface area contributed by atoms with Crippen molar-refractivity contribution in [1.29, 1.82) is 0 Å². The fraction of sp³-hybridized carbons (Fsp3) is 0.769. The zero-order valence-corrected chi connectivity index (χ0v) is 12.7. The number of hydrogen-bond donors (Lipinski definition) is 2. The molecular weight excluding hydrogens is 278 g/mol. The summed E-state index contributed by atoms with van der Waals surface area (Å²) in [7, 11) is -3.27. The molecule has 1 aliphatic rings. The molecule has 2 N–H and O–H groups in total. The summed E-state index contributed by atoms with van der Waals surface area (Å²) in [5.41, 5.74) is 0. The van der Waals surface area contributed by atoms with E-state index in [1.54, 1.807) is 6.20 Å². The van der Waals surface area contributed by atoms with Crippen LogP contribution in [0.4, 0.5) is 0 Å². The van der Waals surface area contributed by atoms with Gasteiger partial charge in [0.25, 0.3) is 0 Å². The topological polar surface area (TPSA) is 84.2 Å². The average molecular weight is 301 g/mol. The van der Waals surface area contributed by atoms with Gasteiger partial charge in [-0.2, -0.15) is 0 Å². The molecule has 0 bridgehead atoms. The van der Waals surface area contributed by atoms with Crippen LogP contribution in [-0.2, 0) is 23.0 Å². The summed E-state index contributed by atoms with van der Waals surface area (Å²) in [5, 5.41) is 3.35. The average Bonchev–Trinajstić information content (AvgIpc) is 2.93.